The van der Waals surface area contributed by atoms with Gasteiger partial charge in [-0.25, -0.2) is 0 Å². The molecule has 0 saturated heterocycles. The SMILES string of the molecule is CCCCC/C=C/CCCCCCCCCCCCC(=O)n1nnc2ccccc21. The molecule has 0 amide bonds. The molecule has 0 saturated carbocycles. The van der Waals surface area contributed by atoms with Crippen molar-refractivity contribution in [2.45, 2.75) is 110 Å². The molecule has 4 nitrogen and oxygen atoms in total. The van der Waals surface area contributed by atoms with Gasteiger partial charge in [0.1, 0.15) is 5.52 Å². The Morgan fingerprint density at radius 1 is 0.800 bits per heavy atom. The molecule has 0 atom stereocenters. The fourth-order valence-corrected chi connectivity index (χ4v) is 3.86. The van der Waals surface area contributed by atoms with Crippen LogP contribution in [0.4, 0.5) is 0 Å². The van der Waals surface area contributed by atoms with Crippen molar-refractivity contribution in [1.29, 1.82) is 0 Å². The molecular weight excluding hydrogens is 370 g/mol. The fourth-order valence-electron chi connectivity index (χ4n) is 3.86. The van der Waals surface area contributed by atoms with Crippen molar-refractivity contribution in [3.63, 3.8) is 0 Å². The normalized spacial score (nSPS) is 11.6. The van der Waals surface area contributed by atoms with Gasteiger partial charge in [0, 0.05) is 6.42 Å². The highest BCUT2D eigenvalue weighted by Gasteiger charge is 2.10. The average molecular weight is 412 g/mol. The molecule has 2 aromatic rings. The zero-order valence-electron chi connectivity index (χ0n) is 19.0. The van der Waals surface area contributed by atoms with Crippen molar-refractivity contribution in [3.05, 3.63) is 36.4 Å². The summed E-state index contributed by atoms with van der Waals surface area (Å²) in [5.74, 6) is 0.0551. The maximum absolute atomic E-state index is 12.3. The minimum Gasteiger partial charge on any atom is -0.273 e. The number of rotatable bonds is 17. The van der Waals surface area contributed by atoms with E-state index in [1.54, 1.807) is 0 Å². The van der Waals surface area contributed by atoms with E-state index in [4.69, 9.17) is 0 Å². The monoisotopic (exact) mass is 411 g/mol. The van der Waals surface area contributed by atoms with E-state index in [1.165, 1.54) is 88.2 Å². The van der Waals surface area contributed by atoms with Crippen LogP contribution in [0.1, 0.15) is 114 Å². The quantitative estimate of drug-likeness (QED) is 0.196. The summed E-state index contributed by atoms with van der Waals surface area (Å²) in [5, 5.41) is 8.06. The Balaban J connectivity index is 1.37. The number of carbonyl (C=O) groups excluding carboxylic acids is 1. The first-order valence-corrected chi connectivity index (χ1v) is 12.3. The minimum absolute atomic E-state index is 0.0551. The molecule has 0 N–H and O–H groups in total. The first kappa shape index (κ1) is 24.3. The lowest BCUT2D eigenvalue weighted by Gasteiger charge is -2.03. The number of hydrogen-bond donors (Lipinski definition) is 0. The third-order valence-corrected chi connectivity index (χ3v) is 5.74. The van der Waals surface area contributed by atoms with E-state index in [1.807, 2.05) is 24.3 Å². The van der Waals surface area contributed by atoms with E-state index in [0.29, 0.717) is 6.42 Å². The lowest BCUT2D eigenvalue weighted by molar-refractivity contribution is 0.0886. The van der Waals surface area contributed by atoms with Crippen LogP contribution >= 0.6 is 0 Å². The Morgan fingerprint density at radius 2 is 1.37 bits per heavy atom. The molecule has 0 aliphatic carbocycles. The van der Waals surface area contributed by atoms with Gasteiger partial charge in [0.05, 0.1) is 5.52 Å². The molecule has 1 aromatic heterocycles. The Labute approximate surface area is 183 Å². The molecule has 0 bridgehead atoms. The summed E-state index contributed by atoms with van der Waals surface area (Å²) in [6.07, 6.45) is 24.6. The van der Waals surface area contributed by atoms with Crippen LogP contribution < -0.4 is 0 Å². The molecule has 1 aromatic carbocycles. The molecule has 4 heteroatoms. The first-order chi connectivity index (χ1) is 14.8. The predicted octanol–water partition coefficient (Wildman–Crippen LogP) is 7.89. The summed E-state index contributed by atoms with van der Waals surface area (Å²) in [6, 6.07) is 7.62. The highest BCUT2D eigenvalue weighted by Crippen LogP contribution is 2.14. The van der Waals surface area contributed by atoms with E-state index in [-0.39, 0.29) is 5.91 Å². The van der Waals surface area contributed by atoms with E-state index in [9.17, 15) is 4.79 Å². The lowest BCUT2D eigenvalue weighted by Crippen LogP contribution is -2.12. The lowest BCUT2D eigenvalue weighted by atomic mass is 10.0. The van der Waals surface area contributed by atoms with Gasteiger partial charge in [-0.3, -0.25) is 4.79 Å². The molecular formula is C26H41N3O. The number of unbranched alkanes of at least 4 members (excludes halogenated alkanes) is 13. The highest BCUT2D eigenvalue weighted by molar-refractivity contribution is 5.88. The van der Waals surface area contributed by atoms with Gasteiger partial charge in [0.2, 0.25) is 5.91 Å². The van der Waals surface area contributed by atoms with Gasteiger partial charge in [-0.1, -0.05) is 101 Å². The number of carbonyl (C=O) groups is 1. The van der Waals surface area contributed by atoms with E-state index in [0.717, 1.165) is 23.9 Å². The highest BCUT2D eigenvalue weighted by atomic mass is 16.2. The third kappa shape index (κ3) is 9.69. The molecule has 166 valence electrons. The van der Waals surface area contributed by atoms with Crippen LogP contribution in [0.25, 0.3) is 11.0 Å². The fraction of sp³-hybridized carbons (Fsp3) is 0.654. The largest absolute Gasteiger partial charge is 0.273 e. The second kappa shape index (κ2) is 15.8. The molecule has 0 aliphatic heterocycles. The van der Waals surface area contributed by atoms with Crippen LogP contribution in [0.5, 0.6) is 0 Å². The van der Waals surface area contributed by atoms with Gasteiger partial charge >= 0.3 is 0 Å². The summed E-state index contributed by atoms with van der Waals surface area (Å²) in [7, 11) is 0. The van der Waals surface area contributed by atoms with Crippen LogP contribution in [-0.4, -0.2) is 20.9 Å². The van der Waals surface area contributed by atoms with Crippen molar-refractivity contribution in [3.8, 4) is 0 Å². The second-order valence-corrected chi connectivity index (χ2v) is 8.43. The Bertz CT molecular complexity index is 735. The van der Waals surface area contributed by atoms with Crippen LogP contribution in [-0.2, 0) is 0 Å². The van der Waals surface area contributed by atoms with Crippen LogP contribution in [0, 0.1) is 0 Å². The number of hydrogen-bond acceptors (Lipinski definition) is 3. The van der Waals surface area contributed by atoms with Gasteiger partial charge in [0.25, 0.3) is 0 Å². The predicted molar refractivity (Wildman–Crippen MR) is 127 cm³/mol. The van der Waals surface area contributed by atoms with Crippen LogP contribution in [0.15, 0.2) is 36.4 Å². The van der Waals surface area contributed by atoms with Crippen molar-refractivity contribution in [2.75, 3.05) is 0 Å². The standard InChI is InChI=1S/C26H41N3O/c1-2-3-4-5-6-7-8-9-10-11-12-13-14-15-16-17-18-23-26(30)29-25-22-20-19-21-24(25)27-28-29/h6-7,19-22H,2-5,8-18,23H2,1H3/b7-6+. The van der Waals surface area contributed by atoms with E-state index >= 15 is 0 Å². The van der Waals surface area contributed by atoms with Crippen molar-refractivity contribution >= 4 is 16.9 Å². The third-order valence-electron chi connectivity index (χ3n) is 5.74. The summed E-state index contributed by atoms with van der Waals surface area (Å²) in [4.78, 5) is 12.3. The number of para-hydroxylation sites is 1. The smallest absolute Gasteiger partial charge is 0.248 e. The van der Waals surface area contributed by atoms with Gasteiger partial charge < -0.3 is 0 Å². The van der Waals surface area contributed by atoms with E-state index < -0.39 is 0 Å². The molecule has 0 unspecified atom stereocenters. The number of fused-ring (bicyclic) bond motifs is 1. The number of aromatic nitrogens is 3. The Morgan fingerprint density at radius 3 is 2.03 bits per heavy atom. The summed E-state index contributed by atoms with van der Waals surface area (Å²) in [6.45, 7) is 2.26. The topological polar surface area (TPSA) is 47.8 Å². The first-order valence-electron chi connectivity index (χ1n) is 12.3. The minimum atomic E-state index is 0.0551. The van der Waals surface area contributed by atoms with Gasteiger partial charge in [0.15, 0.2) is 0 Å². The maximum atomic E-state index is 12.3. The summed E-state index contributed by atoms with van der Waals surface area (Å²) in [5.41, 5.74) is 1.59. The number of allylic oxidation sites excluding steroid dienone is 2. The molecule has 0 fully saturated rings. The van der Waals surface area contributed by atoms with Crippen molar-refractivity contribution in [2.24, 2.45) is 0 Å². The molecule has 0 radical (unpaired) electrons. The van der Waals surface area contributed by atoms with Gasteiger partial charge in [-0.05, 0) is 44.2 Å². The maximum Gasteiger partial charge on any atom is 0.248 e. The molecule has 30 heavy (non-hydrogen) atoms. The number of benzene rings is 1. The zero-order chi connectivity index (χ0) is 21.3. The molecule has 1 heterocycles. The second-order valence-electron chi connectivity index (χ2n) is 8.43. The molecule has 0 aliphatic rings. The number of nitrogens with zero attached hydrogens (tertiary/aromatic N) is 3. The van der Waals surface area contributed by atoms with Gasteiger partial charge in [-0.2, -0.15) is 4.68 Å². The van der Waals surface area contributed by atoms with Gasteiger partial charge in [-0.15, -0.1) is 5.10 Å². The van der Waals surface area contributed by atoms with Crippen LogP contribution in [0.2, 0.25) is 0 Å². The van der Waals surface area contributed by atoms with Crippen LogP contribution in [0.3, 0.4) is 0 Å². The summed E-state index contributed by atoms with van der Waals surface area (Å²) < 4.78 is 1.46. The molecule has 0 spiro atoms. The van der Waals surface area contributed by atoms with E-state index in [2.05, 4.69) is 29.4 Å². The van der Waals surface area contributed by atoms with Crippen molar-refractivity contribution in [1.82, 2.24) is 15.0 Å². The Hall–Kier alpha value is -1.97. The van der Waals surface area contributed by atoms with Crippen molar-refractivity contribution < 1.29 is 4.79 Å². The molecule has 2 rings (SSSR count). The average Bonchev–Trinajstić information content (AvgIpc) is 3.20. The summed E-state index contributed by atoms with van der Waals surface area (Å²) >= 11 is 0. The Kier molecular flexibility index (Phi) is 12.8. The zero-order valence-corrected chi connectivity index (χ0v) is 19.0.